The van der Waals surface area contributed by atoms with E-state index in [0.29, 0.717) is 11.3 Å². The van der Waals surface area contributed by atoms with Crippen LogP contribution < -0.4 is 0 Å². The summed E-state index contributed by atoms with van der Waals surface area (Å²) >= 11 is 0. The van der Waals surface area contributed by atoms with Gasteiger partial charge in [-0.25, -0.2) is 0 Å². The largest absolute Gasteiger partial charge is 0.399 e. The predicted octanol–water partition coefficient (Wildman–Crippen LogP) is 2.84. The van der Waals surface area contributed by atoms with Crippen LogP contribution in [0.25, 0.3) is 0 Å². The summed E-state index contributed by atoms with van der Waals surface area (Å²) in [5.41, 5.74) is 1.63. The van der Waals surface area contributed by atoms with Crippen molar-refractivity contribution < 1.29 is 4.84 Å². The van der Waals surface area contributed by atoms with Gasteiger partial charge in [-0.3, -0.25) is 0 Å². The Kier molecular flexibility index (Phi) is 2.76. The number of rotatable bonds is 4. The van der Waals surface area contributed by atoms with Gasteiger partial charge in [-0.15, -0.1) is 0 Å². The van der Waals surface area contributed by atoms with E-state index >= 15 is 0 Å². The summed E-state index contributed by atoms with van der Waals surface area (Å²) in [6.07, 6.45) is 3.63. The molecule has 0 aliphatic heterocycles. The monoisotopic (exact) mass is 169 g/mol. The molecule has 1 rings (SSSR count). The van der Waals surface area contributed by atoms with E-state index in [1.165, 1.54) is 18.6 Å². The van der Waals surface area contributed by atoms with Crippen LogP contribution in [0.1, 0.15) is 40.0 Å². The topological polar surface area (TPSA) is 21.6 Å². The van der Waals surface area contributed by atoms with Crippen molar-refractivity contribution in [3.05, 3.63) is 0 Å². The number of hydrogen-bond donors (Lipinski definition) is 0. The van der Waals surface area contributed by atoms with Crippen molar-refractivity contribution in [2.24, 2.45) is 16.5 Å². The highest BCUT2D eigenvalue weighted by Gasteiger charge is 2.42. The molecule has 0 N–H and O–H groups in total. The smallest absolute Gasteiger partial charge is 0.106 e. The van der Waals surface area contributed by atoms with E-state index in [-0.39, 0.29) is 0 Å². The van der Waals surface area contributed by atoms with E-state index in [9.17, 15) is 0 Å². The molecule has 0 saturated heterocycles. The fourth-order valence-electron chi connectivity index (χ4n) is 1.37. The van der Waals surface area contributed by atoms with E-state index in [4.69, 9.17) is 4.84 Å². The molecular weight excluding hydrogens is 150 g/mol. The van der Waals surface area contributed by atoms with Gasteiger partial charge in [0.2, 0.25) is 0 Å². The third-order valence-electron chi connectivity index (χ3n) is 2.50. The molecule has 0 aromatic heterocycles. The van der Waals surface area contributed by atoms with Crippen molar-refractivity contribution in [3.8, 4) is 0 Å². The van der Waals surface area contributed by atoms with Gasteiger partial charge in [0.25, 0.3) is 0 Å². The van der Waals surface area contributed by atoms with Crippen LogP contribution in [0.3, 0.4) is 0 Å². The molecule has 0 bridgehead atoms. The molecule has 0 unspecified atom stereocenters. The molecule has 0 aromatic carbocycles. The number of nitrogens with zero attached hydrogens (tertiary/aromatic N) is 1. The van der Waals surface area contributed by atoms with Crippen molar-refractivity contribution in [2.75, 3.05) is 7.11 Å². The molecule has 1 fully saturated rings. The summed E-state index contributed by atoms with van der Waals surface area (Å²) in [6, 6.07) is 0. The summed E-state index contributed by atoms with van der Waals surface area (Å²) in [7, 11) is 1.63. The first-order valence-corrected chi connectivity index (χ1v) is 4.69. The Balaban J connectivity index is 2.56. The Morgan fingerprint density at radius 2 is 2.08 bits per heavy atom. The van der Waals surface area contributed by atoms with E-state index in [1.54, 1.807) is 7.11 Å². The van der Waals surface area contributed by atoms with Gasteiger partial charge in [0, 0.05) is 5.41 Å². The maximum Gasteiger partial charge on any atom is 0.106 e. The van der Waals surface area contributed by atoms with Crippen molar-refractivity contribution in [1.82, 2.24) is 0 Å². The second-order valence-electron chi connectivity index (χ2n) is 4.38. The molecule has 12 heavy (non-hydrogen) atoms. The Labute approximate surface area is 75.0 Å². The molecule has 0 heterocycles. The first-order chi connectivity index (χ1) is 5.58. The van der Waals surface area contributed by atoms with Gasteiger partial charge >= 0.3 is 0 Å². The highest BCUT2D eigenvalue weighted by molar-refractivity contribution is 5.91. The van der Waals surface area contributed by atoms with Gasteiger partial charge in [-0.05, 0) is 25.2 Å². The lowest BCUT2D eigenvalue weighted by atomic mass is 9.95. The average Bonchev–Trinajstić information content (AvgIpc) is 2.68. The van der Waals surface area contributed by atoms with Gasteiger partial charge in [0.1, 0.15) is 7.11 Å². The zero-order valence-electron chi connectivity index (χ0n) is 8.55. The first kappa shape index (κ1) is 9.56. The second kappa shape index (κ2) is 3.46. The highest BCUT2D eigenvalue weighted by atomic mass is 16.6. The standard InChI is InChI=1S/C10H19NO/c1-8(2)7-9(11-12-4)10(3)5-6-10/h8H,5-7H2,1-4H3. The lowest BCUT2D eigenvalue weighted by Crippen LogP contribution is -2.15. The molecule has 0 amide bonds. The van der Waals surface area contributed by atoms with Gasteiger partial charge in [0.15, 0.2) is 0 Å². The van der Waals surface area contributed by atoms with Crippen LogP contribution >= 0.6 is 0 Å². The van der Waals surface area contributed by atoms with Crippen molar-refractivity contribution >= 4 is 5.71 Å². The van der Waals surface area contributed by atoms with Gasteiger partial charge in [0.05, 0.1) is 5.71 Å². The summed E-state index contributed by atoms with van der Waals surface area (Å²) < 4.78 is 0. The molecule has 0 radical (unpaired) electrons. The maximum absolute atomic E-state index is 4.86. The van der Waals surface area contributed by atoms with Gasteiger partial charge < -0.3 is 4.84 Å². The molecule has 0 spiro atoms. The minimum atomic E-state index is 0.375. The average molecular weight is 169 g/mol. The van der Waals surface area contributed by atoms with Crippen molar-refractivity contribution in [2.45, 2.75) is 40.0 Å². The van der Waals surface area contributed by atoms with Crippen LogP contribution in [0.5, 0.6) is 0 Å². The quantitative estimate of drug-likeness (QED) is 0.468. The zero-order valence-corrected chi connectivity index (χ0v) is 8.55. The van der Waals surface area contributed by atoms with Crippen LogP contribution in [0, 0.1) is 11.3 Å². The van der Waals surface area contributed by atoms with Crippen LogP contribution in [0.4, 0.5) is 0 Å². The maximum atomic E-state index is 4.86. The molecule has 0 aromatic rings. The Morgan fingerprint density at radius 3 is 2.42 bits per heavy atom. The molecule has 0 atom stereocenters. The molecule has 70 valence electrons. The van der Waals surface area contributed by atoms with Crippen LogP contribution in [-0.2, 0) is 4.84 Å². The summed E-state index contributed by atoms with van der Waals surface area (Å²) in [5.74, 6) is 0.677. The third-order valence-corrected chi connectivity index (χ3v) is 2.50. The van der Waals surface area contributed by atoms with Crippen LogP contribution in [0.2, 0.25) is 0 Å². The minimum Gasteiger partial charge on any atom is -0.399 e. The number of hydrogen-bond acceptors (Lipinski definition) is 2. The van der Waals surface area contributed by atoms with Crippen LogP contribution in [-0.4, -0.2) is 12.8 Å². The molecule has 1 aliphatic carbocycles. The summed E-state index contributed by atoms with van der Waals surface area (Å²) in [4.78, 5) is 4.86. The Bertz CT molecular complexity index is 180. The van der Waals surface area contributed by atoms with E-state index in [1.807, 2.05) is 0 Å². The van der Waals surface area contributed by atoms with Gasteiger partial charge in [-0.2, -0.15) is 0 Å². The predicted molar refractivity (Wildman–Crippen MR) is 51.2 cm³/mol. The molecule has 2 nitrogen and oxygen atoms in total. The van der Waals surface area contributed by atoms with Crippen molar-refractivity contribution in [3.63, 3.8) is 0 Å². The fraction of sp³-hybridized carbons (Fsp3) is 0.900. The molecule has 2 heteroatoms. The SMILES string of the molecule is CON=C(CC(C)C)C1(C)CC1. The number of oxime groups is 1. The zero-order chi connectivity index (χ0) is 9.19. The van der Waals surface area contributed by atoms with E-state index < -0.39 is 0 Å². The van der Waals surface area contributed by atoms with E-state index in [2.05, 4.69) is 25.9 Å². The Hall–Kier alpha value is -0.530. The molecule has 1 saturated carbocycles. The van der Waals surface area contributed by atoms with Crippen LogP contribution in [0.15, 0.2) is 5.16 Å². The molecular formula is C10H19NO. The lowest BCUT2D eigenvalue weighted by Gasteiger charge is -2.13. The minimum absolute atomic E-state index is 0.375. The normalized spacial score (nSPS) is 21.2. The Morgan fingerprint density at radius 1 is 1.50 bits per heavy atom. The second-order valence-corrected chi connectivity index (χ2v) is 4.38. The lowest BCUT2D eigenvalue weighted by molar-refractivity contribution is 0.209. The van der Waals surface area contributed by atoms with E-state index in [0.717, 1.165) is 6.42 Å². The highest BCUT2D eigenvalue weighted by Crippen LogP contribution is 2.47. The molecule has 1 aliphatic rings. The first-order valence-electron chi connectivity index (χ1n) is 4.69. The van der Waals surface area contributed by atoms with Crippen molar-refractivity contribution in [1.29, 1.82) is 0 Å². The fourth-order valence-corrected chi connectivity index (χ4v) is 1.37. The summed E-state index contributed by atoms with van der Waals surface area (Å²) in [5, 5.41) is 4.11. The van der Waals surface area contributed by atoms with Gasteiger partial charge in [-0.1, -0.05) is 25.9 Å². The summed E-state index contributed by atoms with van der Waals surface area (Å²) in [6.45, 7) is 6.71. The third kappa shape index (κ3) is 2.23.